The Labute approximate surface area is 145 Å². The van der Waals surface area contributed by atoms with Crippen LogP contribution < -0.4 is 10.9 Å². The number of hydrazine groups is 1. The van der Waals surface area contributed by atoms with E-state index in [1.54, 1.807) is 10.9 Å². The van der Waals surface area contributed by atoms with E-state index >= 15 is 0 Å². The van der Waals surface area contributed by atoms with Crippen molar-refractivity contribution in [3.63, 3.8) is 0 Å². The molecule has 0 aliphatic carbocycles. The number of nitrogens with zero attached hydrogens (tertiary/aromatic N) is 2. The standard InChI is InChI=1S/C18H21N5O2/c1-11-13(12(2)23(3)22-11)8-9-17(24)20-21-18(25)15-10-19-16-7-5-4-6-14(15)16/h4-7,10,19H,8-9H2,1-3H3,(H,20,24)(H,21,25). The van der Waals surface area contributed by atoms with Gasteiger partial charge in [0.1, 0.15) is 0 Å². The van der Waals surface area contributed by atoms with Gasteiger partial charge in [-0.3, -0.25) is 25.1 Å². The molecule has 3 rings (SSSR count). The smallest absolute Gasteiger partial charge is 0.271 e. The Hall–Kier alpha value is -3.09. The lowest BCUT2D eigenvalue weighted by Gasteiger charge is -2.07. The number of rotatable bonds is 4. The number of aromatic amines is 1. The normalized spacial score (nSPS) is 10.8. The minimum Gasteiger partial charge on any atom is -0.360 e. The molecule has 3 aromatic rings. The first-order valence-electron chi connectivity index (χ1n) is 8.11. The molecule has 2 heterocycles. The molecule has 3 N–H and O–H groups in total. The molecule has 0 radical (unpaired) electrons. The largest absolute Gasteiger partial charge is 0.360 e. The van der Waals surface area contributed by atoms with E-state index in [2.05, 4.69) is 20.9 Å². The van der Waals surface area contributed by atoms with Crippen LogP contribution in [0.15, 0.2) is 30.5 Å². The van der Waals surface area contributed by atoms with Crippen LogP contribution in [0.1, 0.15) is 33.7 Å². The van der Waals surface area contributed by atoms with Crippen molar-refractivity contribution in [2.24, 2.45) is 7.05 Å². The minimum absolute atomic E-state index is 0.240. The van der Waals surface area contributed by atoms with Gasteiger partial charge in [0.25, 0.3) is 5.91 Å². The molecule has 0 saturated heterocycles. The summed E-state index contributed by atoms with van der Waals surface area (Å²) in [6.07, 6.45) is 2.50. The van der Waals surface area contributed by atoms with E-state index < -0.39 is 0 Å². The van der Waals surface area contributed by atoms with Crippen LogP contribution in [0, 0.1) is 13.8 Å². The third kappa shape index (κ3) is 3.40. The van der Waals surface area contributed by atoms with Crippen molar-refractivity contribution in [3.8, 4) is 0 Å². The number of fused-ring (bicyclic) bond motifs is 1. The van der Waals surface area contributed by atoms with Gasteiger partial charge < -0.3 is 4.98 Å². The Bertz CT molecular complexity index is 938. The van der Waals surface area contributed by atoms with Gasteiger partial charge in [-0.15, -0.1) is 0 Å². The number of hydrogen-bond acceptors (Lipinski definition) is 3. The highest BCUT2D eigenvalue weighted by Crippen LogP contribution is 2.17. The predicted molar refractivity (Wildman–Crippen MR) is 94.9 cm³/mol. The first kappa shape index (κ1) is 16.8. The number of benzene rings is 1. The summed E-state index contributed by atoms with van der Waals surface area (Å²) in [7, 11) is 1.88. The Morgan fingerprint density at radius 2 is 1.96 bits per heavy atom. The summed E-state index contributed by atoms with van der Waals surface area (Å²) >= 11 is 0. The van der Waals surface area contributed by atoms with Crippen molar-refractivity contribution in [2.45, 2.75) is 26.7 Å². The molecule has 0 aliphatic heterocycles. The van der Waals surface area contributed by atoms with Crippen LogP contribution in [0.4, 0.5) is 0 Å². The highest BCUT2D eigenvalue weighted by molar-refractivity contribution is 6.07. The molecule has 1 aromatic carbocycles. The molecule has 130 valence electrons. The number of H-pyrrole nitrogens is 1. The summed E-state index contributed by atoms with van der Waals surface area (Å²) < 4.78 is 1.81. The Kier molecular flexibility index (Phi) is 4.56. The predicted octanol–water partition coefficient (Wildman–Crippen LogP) is 1.91. The van der Waals surface area contributed by atoms with Gasteiger partial charge in [-0.2, -0.15) is 5.10 Å². The Morgan fingerprint density at radius 3 is 2.68 bits per heavy atom. The van der Waals surface area contributed by atoms with Crippen molar-refractivity contribution in [1.29, 1.82) is 0 Å². The molecular weight excluding hydrogens is 318 g/mol. The topological polar surface area (TPSA) is 91.8 Å². The number of para-hydroxylation sites is 1. The third-order valence-electron chi connectivity index (χ3n) is 4.41. The summed E-state index contributed by atoms with van der Waals surface area (Å²) in [5, 5.41) is 5.15. The van der Waals surface area contributed by atoms with Gasteiger partial charge in [-0.1, -0.05) is 18.2 Å². The molecule has 0 aliphatic rings. The fourth-order valence-corrected chi connectivity index (χ4v) is 2.93. The van der Waals surface area contributed by atoms with E-state index in [9.17, 15) is 9.59 Å². The fourth-order valence-electron chi connectivity index (χ4n) is 2.93. The first-order valence-corrected chi connectivity index (χ1v) is 8.11. The lowest BCUT2D eigenvalue weighted by atomic mass is 10.1. The second kappa shape index (κ2) is 6.80. The zero-order valence-corrected chi connectivity index (χ0v) is 14.5. The monoisotopic (exact) mass is 339 g/mol. The third-order valence-corrected chi connectivity index (χ3v) is 4.41. The fraction of sp³-hybridized carbons (Fsp3) is 0.278. The quantitative estimate of drug-likeness (QED) is 0.634. The maximum Gasteiger partial charge on any atom is 0.271 e. The first-order chi connectivity index (χ1) is 12.0. The molecule has 0 spiro atoms. The van der Waals surface area contributed by atoms with E-state index in [-0.39, 0.29) is 18.2 Å². The average molecular weight is 339 g/mol. The van der Waals surface area contributed by atoms with Gasteiger partial charge in [0.15, 0.2) is 0 Å². The number of aryl methyl sites for hydroxylation is 2. The van der Waals surface area contributed by atoms with E-state index in [0.29, 0.717) is 12.0 Å². The van der Waals surface area contributed by atoms with Gasteiger partial charge in [-0.05, 0) is 31.9 Å². The van der Waals surface area contributed by atoms with E-state index in [4.69, 9.17) is 0 Å². The number of nitrogens with one attached hydrogen (secondary N) is 3. The van der Waals surface area contributed by atoms with Crippen LogP contribution >= 0.6 is 0 Å². The summed E-state index contributed by atoms with van der Waals surface area (Å²) in [5.41, 5.74) is 9.36. The van der Waals surface area contributed by atoms with E-state index in [0.717, 1.165) is 27.9 Å². The van der Waals surface area contributed by atoms with Gasteiger partial charge in [0.05, 0.1) is 11.3 Å². The van der Waals surface area contributed by atoms with Crippen LogP contribution in [0.5, 0.6) is 0 Å². The summed E-state index contributed by atoms with van der Waals surface area (Å²) in [6, 6.07) is 7.51. The molecule has 2 amide bonds. The molecule has 0 unspecified atom stereocenters. The van der Waals surface area contributed by atoms with Crippen LogP contribution in [0.3, 0.4) is 0 Å². The maximum atomic E-state index is 12.3. The number of carbonyl (C=O) groups excluding carboxylic acids is 2. The van der Waals surface area contributed by atoms with Gasteiger partial charge in [-0.25, -0.2) is 0 Å². The van der Waals surface area contributed by atoms with Crippen molar-refractivity contribution in [2.75, 3.05) is 0 Å². The number of amides is 2. The number of hydrogen-bond donors (Lipinski definition) is 3. The lowest BCUT2D eigenvalue weighted by molar-refractivity contribution is -0.121. The molecule has 7 heteroatoms. The zero-order valence-electron chi connectivity index (χ0n) is 14.5. The van der Waals surface area contributed by atoms with Crippen LogP contribution in [0.25, 0.3) is 10.9 Å². The Morgan fingerprint density at radius 1 is 1.20 bits per heavy atom. The molecule has 2 aromatic heterocycles. The molecular formula is C18H21N5O2. The Balaban J connectivity index is 1.56. The van der Waals surface area contributed by atoms with Gasteiger partial charge >= 0.3 is 0 Å². The van der Waals surface area contributed by atoms with E-state index in [1.807, 2.05) is 45.2 Å². The molecule has 25 heavy (non-hydrogen) atoms. The van der Waals surface area contributed by atoms with Crippen LogP contribution in [-0.2, 0) is 18.3 Å². The van der Waals surface area contributed by atoms with Crippen LogP contribution in [-0.4, -0.2) is 26.6 Å². The van der Waals surface area contributed by atoms with Gasteiger partial charge in [0.2, 0.25) is 5.91 Å². The molecule has 0 bridgehead atoms. The highest BCUT2D eigenvalue weighted by atomic mass is 16.2. The van der Waals surface area contributed by atoms with E-state index in [1.165, 1.54) is 0 Å². The molecule has 7 nitrogen and oxygen atoms in total. The summed E-state index contributed by atoms with van der Waals surface area (Å²) in [6.45, 7) is 3.91. The average Bonchev–Trinajstić information content (AvgIpc) is 3.13. The highest BCUT2D eigenvalue weighted by Gasteiger charge is 2.14. The zero-order chi connectivity index (χ0) is 18.0. The maximum absolute atomic E-state index is 12.3. The number of carbonyl (C=O) groups is 2. The van der Waals surface area contributed by atoms with Crippen molar-refractivity contribution < 1.29 is 9.59 Å². The summed E-state index contributed by atoms with van der Waals surface area (Å²) in [5.74, 6) is -0.588. The van der Waals surface area contributed by atoms with Gasteiger partial charge in [0, 0.05) is 36.3 Å². The van der Waals surface area contributed by atoms with Crippen LogP contribution in [0.2, 0.25) is 0 Å². The SMILES string of the molecule is Cc1nn(C)c(C)c1CCC(=O)NNC(=O)c1c[nH]c2ccccc12. The molecule has 0 fully saturated rings. The lowest BCUT2D eigenvalue weighted by Crippen LogP contribution is -2.41. The van der Waals surface area contributed by atoms with Crippen molar-refractivity contribution in [1.82, 2.24) is 25.6 Å². The van der Waals surface area contributed by atoms with Crippen molar-refractivity contribution >= 4 is 22.7 Å². The van der Waals surface area contributed by atoms with Crippen molar-refractivity contribution in [3.05, 3.63) is 53.0 Å². The minimum atomic E-state index is -0.348. The second-order valence-electron chi connectivity index (χ2n) is 6.02. The summed E-state index contributed by atoms with van der Waals surface area (Å²) in [4.78, 5) is 27.3. The molecule has 0 atom stereocenters. The second-order valence-corrected chi connectivity index (χ2v) is 6.02. The number of aromatic nitrogens is 3. The molecule has 0 saturated carbocycles.